The third-order valence-corrected chi connectivity index (χ3v) is 4.17. The molecule has 0 saturated carbocycles. The van der Waals surface area contributed by atoms with Gasteiger partial charge in [-0.3, -0.25) is 0 Å². The Hall–Kier alpha value is -2.64. The van der Waals surface area contributed by atoms with Crippen molar-refractivity contribution < 1.29 is 9.47 Å². The first-order valence-corrected chi connectivity index (χ1v) is 8.70. The first-order chi connectivity index (χ1) is 12.6. The van der Waals surface area contributed by atoms with Gasteiger partial charge in [-0.15, -0.1) is 0 Å². The summed E-state index contributed by atoms with van der Waals surface area (Å²) in [5.41, 5.74) is 1.57. The Balaban J connectivity index is 1.96. The van der Waals surface area contributed by atoms with E-state index in [1.807, 2.05) is 43.3 Å². The van der Waals surface area contributed by atoms with Crippen LogP contribution >= 0.6 is 23.8 Å². The Kier molecular flexibility index (Phi) is 5.70. The van der Waals surface area contributed by atoms with Gasteiger partial charge in [-0.2, -0.15) is 14.9 Å². The van der Waals surface area contributed by atoms with E-state index in [0.29, 0.717) is 33.7 Å². The Morgan fingerprint density at radius 3 is 2.81 bits per heavy atom. The molecule has 26 heavy (non-hydrogen) atoms. The van der Waals surface area contributed by atoms with Gasteiger partial charge >= 0.3 is 0 Å². The molecule has 0 aliphatic rings. The summed E-state index contributed by atoms with van der Waals surface area (Å²) < 4.78 is 12.8. The highest BCUT2D eigenvalue weighted by Gasteiger charge is 2.11. The number of ether oxygens (including phenoxy) is 2. The first kappa shape index (κ1) is 18.2. The molecule has 6 nitrogen and oxygen atoms in total. The standard InChI is InChI=1S/C18H17ClN4O2S/c1-3-25-15-9-8-12(10-16(15)24-2)11-20-23-17(21-22-18(23)26)13-6-4-5-7-14(13)19/h4-11H,3H2,1-2H3,(H,22,26). The van der Waals surface area contributed by atoms with Crippen LogP contribution in [0.3, 0.4) is 0 Å². The molecule has 0 atom stereocenters. The van der Waals surface area contributed by atoms with E-state index in [-0.39, 0.29) is 0 Å². The summed E-state index contributed by atoms with van der Waals surface area (Å²) in [6.07, 6.45) is 1.67. The van der Waals surface area contributed by atoms with E-state index in [2.05, 4.69) is 15.3 Å². The molecule has 0 fully saturated rings. The molecule has 0 radical (unpaired) electrons. The number of aromatic amines is 1. The van der Waals surface area contributed by atoms with E-state index in [0.717, 1.165) is 11.1 Å². The normalized spacial score (nSPS) is 11.0. The number of methoxy groups -OCH3 is 1. The van der Waals surface area contributed by atoms with Crippen molar-refractivity contribution in [1.29, 1.82) is 0 Å². The fourth-order valence-electron chi connectivity index (χ4n) is 2.38. The minimum absolute atomic E-state index is 0.370. The molecule has 0 unspecified atom stereocenters. The molecule has 0 spiro atoms. The lowest BCUT2D eigenvalue weighted by Gasteiger charge is -2.09. The van der Waals surface area contributed by atoms with Gasteiger partial charge in [-0.05, 0) is 55.0 Å². The number of nitrogens with zero attached hydrogens (tertiary/aromatic N) is 3. The summed E-state index contributed by atoms with van der Waals surface area (Å²) in [5, 5.41) is 12.0. The molecule has 0 amide bonds. The number of halogens is 1. The van der Waals surface area contributed by atoms with Crippen molar-refractivity contribution in [2.24, 2.45) is 5.10 Å². The monoisotopic (exact) mass is 388 g/mol. The van der Waals surface area contributed by atoms with Crippen LogP contribution in [-0.4, -0.2) is 34.8 Å². The molecular formula is C18H17ClN4O2S. The average molecular weight is 389 g/mol. The molecule has 1 N–H and O–H groups in total. The lowest BCUT2D eigenvalue weighted by molar-refractivity contribution is 0.311. The van der Waals surface area contributed by atoms with Gasteiger partial charge in [0.25, 0.3) is 0 Å². The molecule has 0 saturated heterocycles. The first-order valence-electron chi connectivity index (χ1n) is 7.91. The van der Waals surface area contributed by atoms with E-state index in [9.17, 15) is 0 Å². The Morgan fingerprint density at radius 2 is 2.08 bits per heavy atom. The van der Waals surface area contributed by atoms with Crippen LogP contribution in [0.4, 0.5) is 0 Å². The molecule has 0 aliphatic heterocycles. The van der Waals surface area contributed by atoms with Gasteiger partial charge in [-0.25, -0.2) is 5.10 Å². The maximum absolute atomic E-state index is 6.26. The van der Waals surface area contributed by atoms with Crippen LogP contribution in [0.5, 0.6) is 11.5 Å². The molecular weight excluding hydrogens is 372 g/mol. The number of aromatic nitrogens is 3. The fourth-order valence-corrected chi connectivity index (χ4v) is 2.78. The van der Waals surface area contributed by atoms with Gasteiger partial charge in [0.1, 0.15) is 0 Å². The van der Waals surface area contributed by atoms with Crippen LogP contribution in [0.1, 0.15) is 12.5 Å². The fraction of sp³-hybridized carbons (Fsp3) is 0.167. The summed E-state index contributed by atoms with van der Waals surface area (Å²) in [5.74, 6) is 1.86. The van der Waals surface area contributed by atoms with Crippen LogP contribution in [0, 0.1) is 4.77 Å². The summed E-state index contributed by atoms with van der Waals surface area (Å²) >= 11 is 11.5. The molecule has 0 aliphatic carbocycles. The Labute approximate surface area is 161 Å². The molecule has 8 heteroatoms. The van der Waals surface area contributed by atoms with Crippen molar-refractivity contribution in [3.8, 4) is 22.9 Å². The quantitative estimate of drug-likeness (QED) is 0.497. The smallest absolute Gasteiger partial charge is 0.216 e. The van der Waals surface area contributed by atoms with Gasteiger partial charge in [-0.1, -0.05) is 23.7 Å². The van der Waals surface area contributed by atoms with Crippen molar-refractivity contribution in [3.63, 3.8) is 0 Å². The zero-order valence-electron chi connectivity index (χ0n) is 14.3. The second-order valence-corrected chi connectivity index (χ2v) is 6.03. The van der Waals surface area contributed by atoms with E-state index >= 15 is 0 Å². The minimum Gasteiger partial charge on any atom is -0.493 e. The maximum atomic E-state index is 6.26. The average Bonchev–Trinajstić information content (AvgIpc) is 3.02. The predicted octanol–water partition coefficient (Wildman–Crippen LogP) is 4.55. The van der Waals surface area contributed by atoms with E-state index in [1.54, 1.807) is 19.4 Å². The van der Waals surface area contributed by atoms with Crippen LogP contribution in [-0.2, 0) is 0 Å². The van der Waals surface area contributed by atoms with Crippen molar-refractivity contribution in [1.82, 2.24) is 14.9 Å². The number of rotatable bonds is 6. The molecule has 1 aromatic heterocycles. The SMILES string of the molecule is CCOc1ccc(C=Nn2c(-c3ccccc3Cl)n[nH]c2=S)cc1OC. The second kappa shape index (κ2) is 8.16. The summed E-state index contributed by atoms with van der Waals surface area (Å²) in [4.78, 5) is 0. The van der Waals surface area contributed by atoms with Crippen molar-refractivity contribution in [2.75, 3.05) is 13.7 Å². The summed E-state index contributed by atoms with van der Waals surface area (Å²) in [6, 6.07) is 13.0. The third-order valence-electron chi connectivity index (χ3n) is 3.57. The number of H-pyrrole nitrogens is 1. The van der Waals surface area contributed by atoms with Gasteiger partial charge in [0.05, 0.1) is 25.0 Å². The highest BCUT2D eigenvalue weighted by atomic mass is 35.5. The summed E-state index contributed by atoms with van der Waals surface area (Å²) in [7, 11) is 1.60. The maximum Gasteiger partial charge on any atom is 0.216 e. The summed E-state index contributed by atoms with van der Waals surface area (Å²) in [6.45, 7) is 2.49. The molecule has 3 rings (SSSR count). The molecule has 2 aromatic carbocycles. The number of hydrogen-bond acceptors (Lipinski definition) is 5. The zero-order chi connectivity index (χ0) is 18.5. The molecule has 0 bridgehead atoms. The minimum atomic E-state index is 0.370. The van der Waals surface area contributed by atoms with Crippen LogP contribution < -0.4 is 9.47 Å². The van der Waals surface area contributed by atoms with Crippen molar-refractivity contribution in [2.45, 2.75) is 6.92 Å². The van der Waals surface area contributed by atoms with Gasteiger partial charge in [0.2, 0.25) is 4.77 Å². The number of hydrogen-bond donors (Lipinski definition) is 1. The van der Waals surface area contributed by atoms with Crippen molar-refractivity contribution >= 4 is 30.0 Å². The van der Waals surface area contributed by atoms with Crippen LogP contribution in [0.15, 0.2) is 47.6 Å². The lowest BCUT2D eigenvalue weighted by atomic mass is 10.2. The highest BCUT2D eigenvalue weighted by molar-refractivity contribution is 7.71. The second-order valence-electron chi connectivity index (χ2n) is 5.23. The Bertz CT molecular complexity index is 997. The largest absolute Gasteiger partial charge is 0.493 e. The Morgan fingerprint density at radius 1 is 1.27 bits per heavy atom. The molecule has 3 aromatic rings. The van der Waals surface area contributed by atoms with Crippen LogP contribution in [0.25, 0.3) is 11.4 Å². The van der Waals surface area contributed by atoms with Gasteiger partial charge in [0, 0.05) is 5.56 Å². The van der Waals surface area contributed by atoms with Crippen molar-refractivity contribution in [3.05, 3.63) is 57.8 Å². The number of benzene rings is 2. The van der Waals surface area contributed by atoms with Gasteiger partial charge in [0.15, 0.2) is 17.3 Å². The zero-order valence-corrected chi connectivity index (χ0v) is 15.8. The number of nitrogens with one attached hydrogen (secondary N) is 1. The van der Waals surface area contributed by atoms with E-state index < -0.39 is 0 Å². The highest BCUT2D eigenvalue weighted by Crippen LogP contribution is 2.28. The van der Waals surface area contributed by atoms with E-state index in [1.165, 1.54) is 4.68 Å². The lowest BCUT2D eigenvalue weighted by Crippen LogP contribution is -1.98. The topological polar surface area (TPSA) is 64.4 Å². The predicted molar refractivity (Wildman–Crippen MR) is 105 cm³/mol. The van der Waals surface area contributed by atoms with E-state index in [4.69, 9.17) is 33.3 Å². The molecule has 1 heterocycles. The van der Waals surface area contributed by atoms with Gasteiger partial charge < -0.3 is 9.47 Å². The van der Waals surface area contributed by atoms with Crippen LogP contribution in [0.2, 0.25) is 5.02 Å². The molecule has 134 valence electrons. The third kappa shape index (κ3) is 3.79.